The fraction of sp³-hybridized carbons (Fsp3) is 0.133. The zero-order valence-electron chi connectivity index (χ0n) is 27.1. The van der Waals surface area contributed by atoms with Gasteiger partial charge in [0.1, 0.15) is 11.2 Å². The molecule has 0 aliphatic heterocycles. The number of hydrogen-bond acceptors (Lipinski definition) is 4. The van der Waals surface area contributed by atoms with Crippen molar-refractivity contribution in [2.75, 3.05) is 0 Å². The van der Waals surface area contributed by atoms with E-state index >= 15 is 0 Å². The molecule has 2 aromatic heterocycles. The van der Waals surface area contributed by atoms with Crippen LogP contribution in [0.4, 0.5) is 0 Å². The number of aromatic nitrogens is 3. The zero-order valence-corrected chi connectivity index (χ0v) is 27.1. The van der Waals surface area contributed by atoms with Gasteiger partial charge in [-0.1, -0.05) is 135 Å². The molecule has 0 bridgehead atoms. The molecule has 1 spiro atoms. The van der Waals surface area contributed by atoms with Crippen LogP contribution in [-0.2, 0) is 5.41 Å². The van der Waals surface area contributed by atoms with Crippen LogP contribution in [-0.4, -0.2) is 15.0 Å². The molecule has 49 heavy (non-hydrogen) atoms. The van der Waals surface area contributed by atoms with E-state index in [1.807, 2.05) is 42.5 Å². The number of furan rings is 1. The van der Waals surface area contributed by atoms with Crippen molar-refractivity contribution in [1.29, 1.82) is 0 Å². The van der Waals surface area contributed by atoms with Gasteiger partial charge in [-0.3, -0.25) is 0 Å². The Labute approximate surface area is 285 Å². The molecular weight excluding hydrogens is 599 g/mol. The molecule has 2 aliphatic carbocycles. The fourth-order valence-corrected chi connectivity index (χ4v) is 8.52. The minimum absolute atomic E-state index is 0.0624. The summed E-state index contributed by atoms with van der Waals surface area (Å²) in [6.45, 7) is 0. The van der Waals surface area contributed by atoms with Crippen molar-refractivity contribution in [3.8, 4) is 56.4 Å². The van der Waals surface area contributed by atoms with E-state index < -0.39 is 0 Å². The summed E-state index contributed by atoms with van der Waals surface area (Å²) in [7, 11) is 0. The summed E-state index contributed by atoms with van der Waals surface area (Å²) in [6.07, 6.45) is 6.22. The number of fused-ring (bicyclic) bond motifs is 8. The van der Waals surface area contributed by atoms with Gasteiger partial charge >= 0.3 is 0 Å². The molecule has 1 fully saturated rings. The SMILES string of the molecule is c1ccc(-c2nc(-c3cccc(-c4cccc5c4C4(CCCCC4)c4ccccc4-5)c3)nc(-c3ccc4c(c3)oc3ccccc34)n2)cc1. The minimum Gasteiger partial charge on any atom is -0.456 e. The van der Waals surface area contributed by atoms with Gasteiger partial charge in [0.25, 0.3) is 0 Å². The predicted molar refractivity (Wildman–Crippen MR) is 198 cm³/mol. The standard InChI is InChI=1S/C45H33N3O/c1-3-13-29(14-4-1)42-46-43(48-44(47-42)32-23-24-36-35-18-6-8-22-39(35)49-40(36)28-32)31-16-11-15-30(27-31)33-19-12-20-37-34-17-5-7-21-38(34)45(41(33)37)25-9-2-10-26-45/h1,3-8,11-24,27-28H,2,9-10,25-26H2. The molecule has 0 N–H and O–H groups in total. The second-order valence-corrected chi connectivity index (χ2v) is 13.5. The number of nitrogens with zero attached hydrogens (tertiary/aromatic N) is 3. The average molecular weight is 632 g/mol. The Morgan fingerprint density at radius 2 is 1.04 bits per heavy atom. The third kappa shape index (κ3) is 4.48. The molecule has 1 saturated carbocycles. The topological polar surface area (TPSA) is 51.8 Å². The first kappa shape index (κ1) is 28.2. The second-order valence-electron chi connectivity index (χ2n) is 13.5. The molecule has 0 unspecified atom stereocenters. The van der Waals surface area contributed by atoms with E-state index in [9.17, 15) is 0 Å². The number of hydrogen-bond donors (Lipinski definition) is 0. The van der Waals surface area contributed by atoms with E-state index in [1.54, 1.807) is 0 Å². The van der Waals surface area contributed by atoms with Crippen molar-refractivity contribution in [2.45, 2.75) is 37.5 Å². The molecular formula is C45H33N3O. The average Bonchev–Trinajstić information content (AvgIpc) is 3.68. The summed E-state index contributed by atoms with van der Waals surface area (Å²) in [6, 6.07) is 49.3. The molecule has 2 heterocycles. The van der Waals surface area contributed by atoms with Gasteiger partial charge in [0.2, 0.25) is 0 Å². The Morgan fingerprint density at radius 3 is 1.90 bits per heavy atom. The third-order valence-corrected chi connectivity index (χ3v) is 10.7. The molecule has 0 atom stereocenters. The van der Waals surface area contributed by atoms with Crippen molar-refractivity contribution in [3.63, 3.8) is 0 Å². The molecule has 4 nitrogen and oxygen atoms in total. The van der Waals surface area contributed by atoms with Gasteiger partial charge in [-0.05, 0) is 70.5 Å². The highest BCUT2D eigenvalue weighted by molar-refractivity contribution is 6.05. The van der Waals surface area contributed by atoms with Crippen LogP contribution in [0, 0.1) is 0 Å². The summed E-state index contributed by atoms with van der Waals surface area (Å²) in [5.41, 5.74) is 12.8. The van der Waals surface area contributed by atoms with Crippen LogP contribution in [0.3, 0.4) is 0 Å². The van der Waals surface area contributed by atoms with Crippen LogP contribution in [0.1, 0.15) is 43.2 Å². The maximum Gasteiger partial charge on any atom is 0.164 e. The highest BCUT2D eigenvalue weighted by Crippen LogP contribution is 2.58. The summed E-state index contributed by atoms with van der Waals surface area (Å²) in [4.78, 5) is 15.2. The van der Waals surface area contributed by atoms with E-state index in [0.717, 1.165) is 38.6 Å². The second kappa shape index (κ2) is 11.1. The smallest absolute Gasteiger partial charge is 0.164 e. The molecule has 4 heteroatoms. The number of benzene rings is 6. The van der Waals surface area contributed by atoms with Crippen molar-refractivity contribution in [1.82, 2.24) is 15.0 Å². The first-order chi connectivity index (χ1) is 24.2. The maximum atomic E-state index is 6.25. The Balaban J connectivity index is 1.13. The molecule has 2 aliphatic rings. The Kier molecular flexibility index (Phi) is 6.38. The van der Waals surface area contributed by atoms with Gasteiger partial charge in [0, 0.05) is 32.9 Å². The molecule has 8 aromatic rings. The molecule has 6 aromatic carbocycles. The summed E-state index contributed by atoms with van der Waals surface area (Å²) in [5, 5.41) is 2.19. The maximum absolute atomic E-state index is 6.25. The van der Waals surface area contributed by atoms with Gasteiger partial charge in [0.05, 0.1) is 0 Å². The van der Waals surface area contributed by atoms with Gasteiger partial charge < -0.3 is 4.42 Å². The predicted octanol–water partition coefficient (Wildman–Crippen LogP) is 11.7. The normalized spacial score (nSPS) is 14.7. The van der Waals surface area contributed by atoms with E-state index in [0.29, 0.717) is 17.5 Å². The van der Waals surface area contributed by atoms with Crippen LogP contribution in [0.15, 0.2) is 144 Å². The monoisotopic (exact) mass is 631 g/mol. The van der Waals surface area contributed by atoms with E-state index in [4.69, 9.17) is 19.4 Å². The van der Waals surface area contributed by atoms with Crippen LogP contribution >= 0.6 is 0 Å². The Bertz CT molecular complexity index is 2540. The van der Waals surface area contributed by atoms with Crippen molar-refractivity contribution >= 4 is 21.9 Å². The minimum atomic E-state index is 0.0624. The first-order valence-corrected chi connectivity index (χ1v) is 17.3. The largest absolute Gasteiger partial charge is 0.456 e. The van der Waals surface area contributed by atoms with Gasteiger partial charge in [-0.15, -0.1) is 0 Å². The Hall–Kier alpha value is -5.87. The van der Waals surface area contributed by atoms with E-state index in [2.05, 4.69) is 97.1 Å². The lowest BCUT2D eigenvalue weighted by molar-refractivity contribution is 0.353. The van der Waals surface area contributed by atoms with Crippen molar-refractivity contribution in [2.24, 2.45) is 0 Å². The molecule has 10 rings (SSSR count). The van der Waals surface area contributed by atoms with Crippen LogP contribution in [0.5, 0.6) is 0 Å². The quantitative estimate of drug-likeness (QED) is 0.194. The van der Waals surface area contributed by atoms with Gasteiger partial charge in [0.15, 0.2) is 17.5 Å². The highest BCUT2D eigenvalue weighted by atomic mass is 16.3. The van der Waals surface area contributed by atoms with Crippen molar-refractivity contribution < 1.29 is 4.42 Å². The van der Waals surface area contributed by atoms with Crippen molar-refractivity contribution in [3.05, 3.63) is 151 Å². The van der Waals surface area contributed by atoms with Crippen LogP contribution in [0.2, 0.25) is 0 Å². The fourth-order valence-electron chi connectivity index (χ4n) is 8.52. The lowest BCUT2D eigenvalue weighted by atomic mass is 9.66. The number of rotatable bonds is 4. The lowest BCUT2D eigenvalue weighted by Crippen LogP contribution is -2.28. The number of para-hydroxylation sites is 1. The summed E-state index contributed by atoms with van der Waals surface area (Å²) >= 11 is 0. The van der Waals surface area contributed by atoms with E-state index in [-0.39, 0.29) is 5.41 Å². The molecule has 234 valence electrons. The summed E-state index contributed by atoms with van der Waals surface area (Å²) < 4.78 is 6.25. The Morgan fingerprint density at radius 1 is 0.429 bits per heavy atom. The van der Waals surface area contributed by atoms with Gasteiger partial charge in [-0.25, -0.2) is 15.0 Å². The van der Waals surface area contributed by atoms with Crippen LogP contribution in [0.25, 0.3) is 78.4 Å². The molecule has 0 amide bonds. The molecule has 0 saturated heterocycles. The summed E-state index contributed by atoms with van der Waals surface area (Å²) in [5.74, 6) is 1.92. The zero-order chi connectivity index (χ0) is 32.4. The molecule has 0 radical (unpaired) electrons. The van der Waals surface area contributed by atoms with E-state index in [1.165, 1.54) is 65.5 Å². The van der Waals surface area contributed by atoms with Gasteiger partial charge in [-0.2, -0.15) is 0 Å². The third-order valence-electron chi connectivity index (χ3n) is 10.7. The highest BCUT2D eigenvalue weighted by Gasteiger charge is 2.45. The lowest BCUT2D eigenvalue weighted by Gasteiger charge is -2.37. The van der Waals surface area contributed by atoms with Crippen LogP contribution < -0.4 is 0 Å². The first-order valence-electron chi connectivity index (χ1n) is 17.3.